The predicted molar refractivity (Wildman–Crippen MR) is 80.5 cm³/mol. The molecule has 1 aromatic heterocycles. The van der Waals surface area contributed by atoms with E-state index in [4.69, 9.17) is 0 Å². The largest absolute Gasteiger partial charge is 0.357 e. The van der Waals surface area contributed by atoms with Gasteiger partial charge in [0.05, 0.1) is 0 Å². The maximum atomic E-state index is 14.4. The molecular weight excluding hydrogens is 255 g/mol. The first-order valence-electron chi connectivity index (χ1n) is 7.30. The summed E-state index contributed by atoms with van der Waals surface area (Å²) in [5, 5.41) is 3.34. The van der Waals surface area contributed by atoms with Gasteiger partial charge < -0.3 is 15.1 Å². The van der Waals surface area contributed by atoms with E-state index in [0.29, 0.717) is 24.0 Å². The van der Waals surface area contributed by atoms with E-state index in [1.165, 1.54) is 12.8 Å². The van der Waals surface area contributed by atoms with Crippen LogP contribution in [0.1, 0.15) is 24.8 Å². The van der Waals surface area contributed by atoms with Crippen molar-refractivity contribution in [1.82, 2.24) is 15.2 Å². The first-order valence-corrected chi connectivity index (χ1v) is 7.30. The Hall–Kier alpha value is -1.20. The quantitative estimate of drug-likeness (QED) is 0.787. The zero-order valence-electron chi connectivity index (χ0n) is 12.7. The standard InChI is InChI=1S/C15H25FN4/c1-19(2)9-4-10-20(3)15-14(16)12(7-8-17-15)11-18-13-5-6-13/h7-8,13,18H,4-6,9-11H2,1-3H3. The molecule has 2 rings (SSSR count). The number of anilines is 1. The molecule has 0 spiro atoms. The molecule has 1 N–H and O–H groups in total. The van der Waals surface area contributed by atoms with Crippen LogP contribution in [0.2, 0.25) is 0 Å². The van der Waals surface area contributed by atoms with Crippen molar-refractivity contribution in [2.24, 2.45) is 0 Å². The summed E-state index contributed by atoms with van der Waals surface area (Å²) in [6.07, 6.45) is 5.12. The molecule has 1 heterocycles. The molecule has 1 saturated carbocycles. The average molecular weight is 280 g/mol. The summed E-state index contributed by atoms with van der Waals surface area (Å²) >= 11 is 0. The van der Waals surface area contributed by atoms with E-state index in [1.807, 2.05) is 26.0 Å². The van der Waals surface area contributed by atoms with Crippen molar-refractivity contribution in [2.75, 3.05) is 39.1 Å². The van der Waals surface area contributed by atoms with E-state index in [0.717, 1.165) is 19.5 Å². The van der Waals surface area contributed by atoms with Crippen LogP contribution in [0.5, 0.6) is 0 Å². The average Bonchev–Trinajstić information content (AvgIpc) is 3.21. The molecule has 1 aliphatic carbocycles. The maximum absolute atomic E-state index is 14.4. The van der Waals surface area contributed by atoms with Crippen LogP contribution in [0.25, 0.3) is 0 Å². The van der Waals surface area contributed by atoms with Crippen LogP contribution in [0.15, 0.2) is 12.3 Å². The zero-order valence-corrected chi connectivity index (χ0v) is 12.7. The van der Waals surface area contributed by atoms with Crippen LogP contribution >= 0.6 is 0 Å². The van der Waals surface area contributed by atoms with E-state index in [9.17, 15) is 4.39 Å². The fraction of sp³-hybridized carbons (Fsp3) is 0.667. The Morgan fingerprint density at radius 1 is 1.30 bits per heavy atom. The zero-order chi connectivity index (χ0) is 14.5. The third kappa shape index (κ3) is 4.42. The molecule has 112 valence electrons. The lowest BCUT2D eigenvalue weighted by Gasteiger charge is -2.21. The molecule has 5 heteroatoms. The molecule has 1 aliphatic rings. The van der Waals surface area contributed by atoms with Gasteiger partial charge in [-0.25, -0.2) is 9.37 Å². The molecule has 0 amide bonds. The Bertz CT molecular complexity index is 432. The number of hydrogen-bond donors (Lipinski definition) is 1. The molecular formula is C15H25FN4. The summed E-state index contributed by atoms with van der Waals surface area (Å²) in [4.78, 5) is 8.22. The van der Waals surface area contributed by atoms with Gasteiger partial charge in [0.15, 0.2) is 11.6 Å². The number of nitrogens with zero attached hydrogens (tertiary/aromatic N) is 3. The van der Waals surface area contributed by atoms with Crippen LogP contribution in [-0.2, 0) is 6.54 Å². The smallest absolute Gasteiger partial charge is 0.170 e. The lowest BCUT2D eigenvalue weighted by Crippen LogP contribution is -2.25. The molecule has 0 bridgehead atoms. The number of pyridine rings is 1. The second-order valence-electron chi connectivity index (χ2n) is 5.84. The Balaban J connectivity index is 1.93. The molecule has 20 heavy (non-hydrogen) atoms. The number of halogens is 1. The first kappa shape index (κ1) is 15.2. The van der Waals surface area contributed by atoms with Crippen LogP contribution in [0, 0.1) is 5.82 Å². The molecule has 0 saturated heterocycles. The molecule has 4 nitrogen and oxygen atoms in total. The molecule has 0 radical (unpaired) electrons. The fourth-order valence-electron chi connectivity index (χ4n) is 2.15. The van der Waals surface area contributed by atoms with Gasteiger partial charge in [0.1, 0.15) is 0 Å². The third-order valence-electron chi connectivity index (χ3n) is 3.57. The summed E-state index contributed by atoms with van der Waals surface area (Å²) in [6, 6.07) is 2.35. The Morgan fingerprint density at radius 2 is 2.05 bits per heavy atom. The molecule has 0 unspecified atom stereocenters. The highest BCUT2D eigenvalue weighted by atomic mass is 19.1. The van der Waals surface area contributed by atoms with Crippen LogP contribution < -0.4 is 10.2 Å². The van der Waals surface area contributed by atoms with Crippen molar-refractivity contribution in [3.8, 4) is 0 Å². The van der Waals surface area contributed by atoms with Crippen molar-refractivity contribution < 1.29 is 4.39 Å². The Morgan fingerprint density at radius 3 is 2.70 bits per heavy atom. The highest BCUT2D eigenvalue weighted by Gasteiger charge is 2.21. The van der Waals surface area contributed by atoms with E-state index in [1.54, 1.807) is 12.3 Å². The predicted octanol–water partition coefficient (Wildman–Crippen LogP) is 1.86. The SMILES string of the molecule is CN(C)CCCN(C)c1nccc(CNC2CC2)c1F. The molecule has 0 aliphatic heterocycles. The second-order valence-corrected chi connectivity index (χ2v) is 5.84. The van der Waals surface area contributed by atoms with Crippen molar-refractivity contribution in [3.63, 3.8) is 0 Å². The lowest BCUT2D eigenvalue weighted by molar-refractivity contribution is 0.401. The Labute approximate surface area is 121 Å². The van der Waals surface area contributed by atoms with Crippen molar-refractivity contribution in [1.29, 1.82) is 0 Å². The third-order valence-corrected chi connectivity index (χ3v) is 3.57. The topological polar surface area (TPSA) is 31.4 Å². The van der Waals surface area contributed by atoms with Gasteiger partial charge in [-0.1, -0.05) is 0 Å². The molecule has 0 aromatic carbocycles. The van der Waals surface area contributed by atoms with Gasteiger partial charge in [0.2, 0.25) is 0 Å². The highest BCUT2D eigenvalue weighted by Crippen LogP contribution is 2.22. The van der Waals surface area contributed by atoms with Gasteiger partial charge in [-0.05, 0) is 46.0 Å². The summed E-state index contributed by atoms with van der Waals surface area (Å²) in [5.74, 6) is 0.270. The van der Waals surface area contributed by atoms with E-state index >= 15 is 0 Å². The van der Waals surface area contributed by atoms with Crippen molar-refractivity contribution >= 4 is 5.82 Å². The highest BCUT2D eigenvalue weighted by molar-refractivity contribution is 5.42. The minimum absolute atomic E-state index is 0.187. The normalized spacial score (nSPS) is 14.8. The fourth-order valence-corrected chi connectivity index (χ4v) is 2.15. The van der Waals surface area contributed by atoms with Gasteiger partial charge in [-0.3, -0.25) is 0 Å². The second kappa shape index (κ2) is 6.99. The van der Waals surface area contributed by atoms with Crippen molar-refractivity contribution in [3.05, 3.63) is 23.6 Å². The summed E-state index contributed by atoms with van der Waals surface area (Å²) in [6.45, 7) is 2.40. The van der Waals surface area contributed by atoms with E-state index in [2.05, 4.69) is 15.2 Å². The van der Waals surface area contributed by atoms with Gasteiger partial charge in [-0.2, -0.15) is 0 Å². The number of aromatic nitrogens is 1. The van der Waals surface area contributed by atoms with E-state index in [-0.39, 0.29) is 5.82 Å². The van der Waals surface area contributed by atoms with Gasteiger partial charge >= 0.3 is 0 Å². The number of hydrogen-bond acceptors (Lipinski definition) is 4. The minimum Gasteiger partial charge on any atom is -0.357 e. The summed E-state index contributed by atoms with van der Waals surface area (Å²) in [5.41, 5.74) is 0.710. The first-order chi connectivity index (χ1) is 9.58. The number of nitrogens with one attached hydrogen (secondary N) is 1. The van der Waals surface area contributed by atoms with Crippen LogP contribution in [0.3, 0.4) is 0 Å². The van der Waals surface area contributed by atoms with Gasteiger partial charge in [0.25, 0.3) is 0 Å². The van der Waals surface area contributed by atoms with Gasteiger partial charge in [-0.15, -0.1) is 0 Å². The van der Waals surface area contributed by atoms with Gasteiger partial charge in [0, 0.05) is 37.9 Å². The molecule has 0 atom stereocenters. The Kier molecular flexibility index (Phi) is 5.31. The monoisotopic (exact) mass is 280 g/mol. The lowest BCUT2D eigenvalue weighted by atomic mass is 10.2. The molecule has 1 aromatic rings. The summed E-state index contributed by atoms with van der Waals surface area (Å²) < 4.78 is 14.4. The van der Waals surface area contributed by atoms with Crippen LogP contribution in [0.4, 0.5) is 10.2 Å². The minimum atomic E-state index is -0.187. The van der Waals surface area contributed by atoms with Crippen LogP contribution in [-0.4, -0.2) is 50.2 Å². The molecule has 1 fully saturated rings. The van der Waals surface area contributed by atoms with Crippen molar-refractivity contribution in [2.45, 2.75) is 31.8 Å². The summed E-state index contributed by atoms with van der Waals surface area (Å²) in [7, 11) is 5.99. The van der Waals surface area contributed by atoms with E-state index < -0.39 is 0 Å². The number of rotatable bonds is 8. The maximum Gasteiger partial charge on any atom is 0.170 e.